The Bertz CT molecular complexity index is 622. The SMILES string of the molecule is COCCn1ncc(Nc2ccn(C)n2)c(Br)c1=O. The molecule has 2 rings (SSSR count). The van der Waals surface area contributed by atoms with Gasteiger partial charge in [0.1, 0.15) is 4.47 Å². The molecule has 102 valence electrons. The molecule has 0 aliphatic carbocycles. The van der Waals surface area contributed by atoms with E-state index < -0.39 is 0 Å². The quantitative estimate of drug-likeness (QED) is 0.891. The molecule has 8 heteroatoms. The van der Waals surface area contributed by atoms with Gasteiger partial charge in [0.15, 0.2) is 5.82 Å². The van der Waals surface area contributed by atoms with Gasteiger partial charge in [0.2, 0.25) is 0 Å². The van der Waals surface area contributed by atoms with Crippen LogP contribution in [0.2, 0.25) is 0 Å². The van der Waals surface area contributed by atoms with Crippen molar-refractivity contribution in [2.24, 2.45) is 7.05 Å². The summed E-state index contributed by atoms with van der Waals surface area (Å²) in [7, 11) is 3.40. The first-order chi connectivity index (χ1) is 9.11. The maximum Gasteiger partial charge on any atom is 0.283 e. The summed E-state index contributed by atoms with van der Waals surface area (Å²) < 4.78 is 8.36. The number of rotatable bonds is 5. The van der Waals surface area contributed by atoms with E-state index in [1.807, 2.05) is 19.3 Å². The minimum Gasteiger partial charge on any atom is -0.383 e. The largest absolute Gasteiger partial charge is 0.383 e. The number of hydrogen-bond donors (Lipinski definition) is 1. The first-order valence-electron chi connectivity index (χ1n) is 5.63. The van der Waals surface area contributed by atoms with E-state index in [0.717, 1.165) is 0 Å². The van der Waals surface area contributed by atoms with Gasteiger partial charge in [0.25, 0.3) is 5.56 Å². The van der Waals surface area contributed by atoms with Crippen molar-refractivity contribution >= 4 is 27.4 Å². The molecule has 2 aromatic heterocycles. The molecule has 0 saturated heterocycles. The molecule has 1 N–H and O–H groups in total. The average molecular weight is 328 g/mol. The molecule has 0 unspecified atom stereocenters. The number of nitrogens with zero attached hydrogens (tertiary/aromatic N) is 4. The highest BCUT2D eigenvalue weighted by molar-refractivity contribution is 9.10. The van der Waals surface area contributed by atoms with Crippen molar-refractivity contribution in [2.75, 3.05) is 19.0 Å². The third kappa shape index (κ3) is 3.21. The molecule has 2 heterocycles. The van der Waals surface area contributed by atoms with Gasteiger partial charge in [-0.15, -0.1) is 0 Å². The summed E-state index contributed by atoms with van der Waals surface area (Å²) in [5, 5.41) is 11.3. The van der Waals surface area contributed by atoms with Crippen LogP contribution < -0.4 is 10.9 Å². The summed E-state index contributed by atoms with van der Waals surface area (Å²) in [4.78, 5) is 12.0. The molecule has 0 aliphatic heterocycles. The second-order valence-corrected chi connectivity index (χ2v) is 4.69. The molecule has 0 aromatic carbocycles. The Kier molecular flexibility index (Phi) is 4.33. The van der Waals surface area contributed by atoms with Crippen molar-refractivity contribution in [1.29, 1.82) is 0 Å². The number of ether oxygens (including phenoxy) is 1. The normalized spacial score (nSPS) is 10.7. The van der Waals surface area contributed by atoms with Gasteiger partial charge in [-0.05, 0) is 15.9 Å². The molecular weight excluding hydrogens is 314 g/mol. The monoisotopic (exact) mass is 327 g/mol. The fourth-order valence-corrected chi connectivity index (χ4v) is 1.92. The first-order valence-corrected chi connectivity index (χ1v) is 6.42. The zero-order chi connectivity index (χ0) is 13.8. The molecule has 2 aromatic rings. The topological polar surface area (TPSA) is 74.0 Å². The molecular formula is C11H14BrN5O2. The van der Waals surface area contributed by atoms with Crippen LogP contribution in [0.5, 0.6) is 0 Å². The van der Waals surface area contributed by atoms with Crippen LogP contribution in [0.15, 0.2) is 27.7 Å². The van der Waals surface area contributed by atoms with Gasteiger partial charge < -0.3 is 10.1 Å². The Morgan fingerprint density at radius 1 is 1.53 bits per heavy atom. The van der Waals surface area contributed by atoms with Crippen LogP contribution in [-0.4, -0.2) is 33.3 Å². The van der Waals surface area contributed by atoms with Gasteiger partial charge >= 0.3 is 0 Å². The number of halogens is 1. The van der Waals surface area contributed by atoms with Crippen molar-refractivity contribution in [3.05, 3.63) is 33.3 Å². The summed E-state index contributed by atoms with van der Waals surface area (Å²) in [5.41, 5.74) is 0.371. The fourth-order valence-electron chi connectivity index (χ4n) is 1.51. The standard InChI is InChI=1S/C11H14BrN5O2/c1-16-4-3-9(15-16)14-8-7-13-17(5-6-19-2)11(18)10(8)12/h3-4,7H,5-6H2,1-2H3,(H,14,15). The molecule has 0 saturated carbocycles. The van der Waals surface area contributed by atoms with Crippen molar-refractivity contribution in [3.63, 3.8) is 0 Å². The molecule has 7 nitrogen and oxygen atoms in total. The maximum absolute atomic E-state index is 12.0. The van der Waals surface area contributed by atoms with Crippen LogP contribution in [0.4, 0.5) is 11.5 Å². The highest BCUT2D eigenvalue weighted by Crippen LogP contribution is 2.20. The Labute approximate surface area is 118 Å². The molecule has 0 amide bonds. The van der Waals surface area contributed by atoms with Crippen LogP contribution in [-0.2, 0) is 18.3 Å². The third-order valence-electron chi connectivity index (χ3n) is 2.47. The van der Waals surface area contributed by atoms with Gasteiger partial charge in [-0.2, -0.15) is 10.2 Å². The summed E-state index contributed by atoms with van der Waals surface area (Å²) in [6.07, 6.45) is 3.39. The summed E-state index contributed by atoms with van der Waals surface area (Å²) in [5.74, 6) is 0.652. The fraction of sp³-hybridized carbons (Fsp3) is 0.364. The third-order valence-corrected chi connectivity index (χ3v) is 3.23. The average Bonchev–Trinajstić information content (AvgIpc) is 2.80. The Balaban J connectivity index is 2.23. The van der Waals surface area contributed by atoms with Crippen molar-refractivity contribution in [1.82, 2.24) is 19.6 Å². The second-order valence-electron chi connectivity index (χ2n) is 3.89. The van der Waals surface area contributed by atoms with E-state index in [1.54, 1.807) is 18.0 Å². The van der Waals surface area contributed by atoms with E-state index in [1.165, 1.54) is 4.68 Å². The number of aryl methyl sites for hydroxylation is 1. The van der Waals surface area contributed by atoms with E-state index in [4.69, 9.17) is 4.74 Å². The van der Waals surface area contributed by atoms with E-state index in [-0.39, 0.29) is 5.56 Å². The molecule has 19 heavy (non-hydrogen) atoms. The second kappa shape index (κ2) is 5.98. The first kappa shape index (κ1) is 13.8. The summed E-state index contributed by atoms with van der Waals surface area (Å²) >= 11 is 3.28. The zero-order valence-electron chi connectivity index (χ0n) is 10.6. The van der Waals surface area contributed by atoms with Gasteiger partial charge in [0.05, 0.1) is 25.0 Å². The van der Waals surface area contributed by atoms with E-state index >= 15 is 0 Å². The molecule has 0 spiro atoms. The zero-order valence-corrected chi connectivity index (χ0v) is 12.2. The van der Waals surface area contributed by atoms with Gasteiger partial charge in [-0.1, -0.05) is 0 Å². The highest BCUT2D eigenvalue weighted by Gasteiger charge is 2.09. The van der Waals surface area contributed by atoms with Gasteiger partial charge in [-0.3, -0.25) is 9.48 Å². The number of nitrogens with one attached hydrogen (secondary N) is 1. The molecule has 0 fully saturated rings. The summed E-state index contributed by atoms with van der Waals surface area (Å²) in [6, 6.07) is 1.81. The Morgan fingerprint density at radius 2 is 2.32 bits per heavy atom. The smallest absolute Gasteiger partial charge is 0.283 e. The van der Waals surface area contributed by atoms with Crippen LogP contribution >= 0.6 is 15.9 Å². The Hall–Kier alpha value is -1.67. The molecule has 0 radical (unpaired) electrons. The van der Waals surface area contributed by atoms with E-state index in [2.05, 4.69) is 31.4 Å². The molecule has 0 bridgehead atoms. The minimum absolute atomic E-state index is 0.210. The Morgan fingerprint density at radius 3 is 2.95 bits per heavy atom. The van der Waals surface area contributed by atoms with E-state index in [0.29, 0.717) is 29.1 Å². The van der Waals surface area contributed by atoms with Crippen molar-refractivity contribution in [2.45, 2.75) is 6.54 Å². The number of hydrogen-bond acceptors (Lipinski definition) is 5. The predicted molar refractivity (Wildman–Crippen MR) is 74.6 cm³/mol. The lowest BCUT2D eigenvalue weighted by Gasteiger charge is -2.08. The highest BCUT2D eigenvalue weighted by atomic mass is 79.9. The van der Waals surface area contributed by atoms with Gasteiger partial charge in [-0.25, -0.2) is 4.68 Å². The van der Waals surface area contributed by atoms with Gasteiger partial charge in [0, 0.05) is 26.4 Å². The molecule has 0 aliphatic rings. The molecule has 0 atom stereocenters. The number of methoxy groups -OCH3 is 1. The lowest BCUT2D eigenvalue weighted by atomic mass is 10.4. The summed E-state index contributed by atoms with van der Waals surface area (Å²) in [6.45, 7) is 0.851. The maximum atomic E-state index is 12.0. The van der Waals surface area contributed by atoms with Crippen LogP contribution in [0.25, 0.3) is 0 Å². The number of aromatic nitrogens is 4. The van der Waals surface area contributed by atoms with E-state index in [9.17, 15) is 4.79 Å². The number of anilines is 2. The van der Waals surface area contributed by atoms with Crippen LogP contribution in [0.1, 0.15) is 0 Å². The van der Waals surface area contributed by atoms with Crippen molar-refractivity contribution < 1.29 is 4.74 Å². The predicted octanol–water partition coefficient (Wildman–Crippen LogP) is 1.13. The van der Waals surface area contributed by atoms with Crippen LogP contribution in [0, 0.1) is 0 Å². The lowest BCUT2D eigenvalue weighted by molar-refractivity contribution is 0.181. The van der Waals surface area contributed by atoms with Crippen LogP contribution in [0.3, 0.4) is 0 Å². The lowest BCUT2D eigenvalue weighted by Crippen LogP contribution is -2.25. The minimum atomic E-state index is -0.210. The van der Waals surface area contributed by atoms with Crippen molar-refractivity contribution in [3.8, 4) is 0 Å².